The monoisotopic (exact) mass is 226 g/mol. The van der Waals surface area contributed by atoms with Crippen LogP contribution in [0.25, 0.3) is 0 Å². The average molecular weight is 226 g/mol. The first-order chi connectivity index (χ1) is 7.37. The Hall–Kier alpha value is 0. The van der Waals surface area contributed by atoms with Gasteiger partial charge in [0.2, 0.25) is 0 Å². The van der Waals surface area contributed by atoms with Gasteiger partial charge in [-0.3, -0.25) is 0 Å². The number of hydrogen-bond donors (Lipinski definition) is 0. The highest BCUT2D eigenvalue weighted by Gasteiger charge is 2.20. The summed E-state index contributed by atoms with van der Waals surface area (Å²) >= 11 is 0. The van der Waals surface area contributed by atoms with Crippen molar-refractivity contribution in [3.05, 3.63) is 0 Å². The van der Waals surface area contributed by atoms with E-state index in [9.17, 15) is 0 Å². The molecule has 0 saturated carbocycles. The Bertz CT molecular complexity index is 155. The zero-order valence-electron chi connectivity index (χ0n) is 12.6. The second kappa shape index (κ2) is 8.14. The van der Waals surface area contributed by atoms with Crippen LogP contribution in [0.4, 0.5) is 0 Å². The lowest BCUT2D eigenvalue weighted by atomic mass is 9.77. The Kier molecular flexibility index (Phi) is 8.14. The zero-order chi connectivity index (χ0) is 12.6. The second-order valence-corrected chi connectivity index (χ2v) is 6.90. The van der Waals surface area contributed by atoms with Crippen molar-refractivity contribution in [2.75, 3.05) is 0 Å². The van der Waals surface area contributed by atoms with Crippen LogP contribution < -0.4 is 0 Å². The van der Waals surface area contributed by atoms with Gasteiger partial charge in [-0.15, -0.1) is 0 Å². The van der Waals surface area contributed by atoms with Crippen LogP contribution in [-0.2, 0) is 0 Å². The van der Waals surface area contributed by atoms with E-state index in [1.54, 1.807) is 0 Å². The van der Waals surface area contributed by atoms with E-state index in [4.69, 9.17) is 0 Å². The Balaban J connectivity index is 3.76. The lowest BCUT2D eigenvalue weighted by molar-refractivity contribution is 0.231. The van der Waals surface area contributed by atoms with Crippen LogP contribution >= 0.6 is 0 Å². The van der Waals surface area contributed by atoms with Gasteiger partial charge in [0, 0.05) is 0 Å². The fourth-order valence-electron chi connectivity index (χ4n) is 2.57. The summed E-state index contributed by atoms with van der Waals surface area (Å²) < 4.78 is 0. The van der Waals surface area contributed by atoms with Crippen molar-refractivity contribution >= 4 is 0 Å². The molecule has 0 aliphatic rings. The van der Waals surface area contributed by atoms with Gasteiger partial charge in [-0.1, -0.05) is 73.6 Å². The van der Waals surface area contributed by atoms with Crippen molar-refractivity contribution in [1.29, 1.82) is 0 Å². The molecule has 0 amide bonds. The molecule has 0 radical (unpaired) electrons. The molecule has 0 N–H and O–H groups in total. The number of unbranched alkanes of at least 4 members (excludes halogenated alkanes) is 2. The van der Waals surface area contributed by atoms with Crippen LogP contribution in [0.1, 0.15) is 86.5 Å². The normalized spacial score (nSPS) is 14.4. The Morgan fingerprint density at radius 1 is 0.938 bits per heavy atom. The van der Waals surface area contributed by atoms with E-state index in [1.165, 1.54) is 44.9 Å². The third-order valence-electron chi connectivity index (χ3n) is 3.60. The molecule has 0 aromatic carbocycles. The Labute approximate surface area is 104 Å². The number of hydrogen-bond acceptors (Lipinski definition) is 0. The smallest absolute Gasteiger partial charge is 0.0352 e. The number of rotatable bonds is 9. The van der Waals surface area contributed by atoms with Crippen molar-refractivity contribution in [1.82, 2.24) is 0 Å². The van der Waals surface area contributed by atoms with Gasteiger partial charge in [0.15, 0.2) is 0 Å². The van der Waals surface area contributed by atoms with Crippen LogP contribution in [0.5, 0.6) is 0 Å². The molecule has 16 heavy (non-hydrogen) atoms. The largest absolute Gasteiger partial charge is 0.0654 e. The van der Waals surface area contributed by atoms with Gasteiger partial charge in [0.25, 0.3) is 0 Å². The van der Waals surface area contributed by atoms with Crippen molar-refractivity contribution in [3.63, 3.8) is 0 Å². The van der Waals surface area contributed by atoms with Crippen LogP contribution in [0, 0.1) is 17.3 Å². The van der Waals surface area contributed by atoms with Crippen LogP contribution in [0.15, 0.2) is 0 Å². The summed E-state index contributed by atoms with van der Waals surface area (Å²) in [5.41, 5.74) is 0.551. The molecule has 0 saturated heterocycles. The molecule has 1 unspecified atom stereocenters. The molecular weight excluding hydrogens is 192 g/mol. The maximum Gasteiger partial charge on any atom is -0.0352 e. The van der Waals surface area contributed by atoms with Crippen LogP contribution in [-0.4, -0.2) is 0 Å². The minimum absolute atomic E-state index is 0.551. The maximum atomic E-state index is 2.45. The summed E-state index contributed by atoms with van der Waals surface area (Å²) in [4.78, 5) is 0. The molecule has 0 bridgehead atoms. The molecule has 0 spiro atoms. The van der Waals surface area contributed by atoms with E-state index in [0.29, 0.717) is 5.41 Å². The molecule has 0 aromatic heterocycles. The van der Waals surface area contributed by atoms with Gasteiger partial charge in [-0.05, 0) is 30.1 Å². The van der Waals surface area contributed by atoms with Gasteiger partial charge < -0.3 is 0 Å². The van der Waals surface area contributed by atoms with E-state index < -0.39 is 0 Å². The predicted molar refractivity (Wildman–Crippen MR) is 75.8 cm³/mol. The average Bonchev–Trinajstić information content (AvgIpc) is 2.15. The SMILES string of the molecule is CCCCCC(C)CC(C)(C)CCC(C)C. The summed E-state index contributed by atoms with van der Waals surface area (Å²) in [5.74, 6) is 1.77. The summed E-state index contributed by atoms with van der Waals surface area (Å²) in [7, 11) is 0. The summed E-state index contributed by atoms with van der Waals surface area (Å²) in [6, 6.07) is 0. The molecule has 0 fully saturated rings. The van der Waals surface area contributed by atoms with Gasteiger partial charge >= 0.3 is 0 Å². The summed E-state index contributed by atoms with van der Waals surface area (Å²) in [5, 5.41) is 0. The van der Waals surface area contributed by atoms with Crippen molar-refractivity contribution in [2.45, 2.75) is 86.5 Å². The Morgan fingerprint density at radius 3 is 2.06 bits per heavy atom. The minimum Gasteiger partial charge on any atom is -0.0654 e. The molecule has 0 aliphatic heterocycles. The fraction of sp³-hybridized carbons (Fsp3) is 1.00. The predicted octanol–water partition coefficient (Wildman–Crippen LogP) is 6.06. The van der Waals surface area contributed by atoms with E-state index in [0.717, 1.165) is 11.8 Å². The quantitative estimate of drug-likeness (QED) is 0.419. The molecule has 1 atom stereocenters. The molecule has 0 rings (SSSR count). The van der Waals surface area contributed by atoms with Crippen molar-refractivity contribution in [3.8, 4) is 0 Å². The molecule has 0 heterocycles. The Morgan fingerprint density at radius 2 is 1.56 bits per heavy atom. The van der Waals surface area contributed by atoms with Crippen LogP contribution in [0.2, 0.25) is 0 Å². The van der Waals surface area contributed by atoms with Crippen LogP contribution in [0.3, 0.4) is 0 Å². The third kappa shape index (κ3) is 9.24. The first-order valence-electron chi connectivity index (χ1n) is 7.37. The van der Waals surface area contributed by atoms with Crippen molar-refractivity contribution < 1.29 is 0 Å². The molecule has 0 aromatic rings. The topological polar surface area (TPSA) is 0 Å². The van der Waals surface area contributed by atoms with E-state index in [-0.39, 0.29) is 0 Å². The highest BCUT2D eigenvalue weighted by atomic mass is 14.3. The third-order valence-corrected chi connectivity index (χ3v) is 3.60. The zero-order valence-corrected chi connectivity index (χ0v) is 12.6. The molecule has 98 valence electrons. The van der Waals surface area contributed by atoms with Gasteiger partial charge in [0.1, 0.15) is 0 Å². The van der Waals surface area contributed by atoms with E-state index in [2.05, 4.69) is 41.5 Å². The molecule has 0 nitrogen and oxygen atoms in total. The maximum absolute atomic E-state index is 2.45. The highest BCUT2D eigenvalue weighted by molar-refractivity contribution is 4.72. The first-order valence-corrected chi connectivity index (χ1v) is 7.37. The fourth-order valence-corrected chi connectivity index (χ4v) is 2.57. The molecule has 0 aliphatic carbocycles. The van der Waals surface area contributed by atoms with Gasteiger partial charge in [0.05, 0.1) is 0 Å². The van der Waals surface area contributed by atoms with E-state index in [1.807, 2.05) is 0 Å². The lowest BCUT2D eigenvalue weighted by Gasteiger charge is -2.29. The molecular formula is C16H34. The second-order valence-electron chi connectivity index (χ2n) is 6.90. The van der Waals surface area contributed by atoms with Gasteiger partial charge in [-0.25, -0.2) is 0 Å². The molecule has 0 heteroatoms. The highest BCUT2D eigenvalue weighted by Crippen LogP contribution is 2.33. The van der Waals surface area contributed by atoms with Crippen molar-refractivity contribution in [2.24, 2.45) is 17.3 Å². The standard InChI is InChI=1S/C16H34/c1-7-8-9-10-15(4)13-16(5,6)12-11-14(2)3/h14-15H,7-13H2,1-6H3. The first kappa shape index (κ1) is 16.0. The minimum atomic E-state index is 0.551. The van der Waals surface area contributed by atoms with Gasteiger partial charge in [-0.2, -0.15) is 0 Å². The van der Waals surface area contributed by atoms with E-state index >= 15 is 0 Å². The summed E-state index contributed by atoms with van der Waals surface area (Å²) in [6.45, 7) is 14.3. The lowest BCUT2D eigenvalue weighted by Crippen LogP contribution is -2.16. The summed E-state index contributed by atoms with van der Waals surface area (Å²) in [6.07, 6.45) is 9.80.